The Morgan fingerprint density at radius 1 is 1.28 bits per heavy atom. The largest absolute Gasteiger partial charge is 0.323 e. The van der Waals surface area contributed by atoms with E-state index in [1.54, 1.807) is 0 Å². The fourth-order valence-corrected chi connectivity index (χ4v) is 3.30. The second kappa shape index (κ2) is 3.72. The van der Waals surface area contributed by atoms with E-state index in [4.69, 9.17) is 5.41 Å². The Bertz CT molecular complexity index is 388. The van der Waals surface area contributed by atoms with Crippen molar-refractivity contribution in [3.05, 3.63) is 0 Å². The first kappa shape index (κ1) is 12.0. The Kier molecular flexibility index (Phi) is 2.48. The van der Waals surface area contributed by atoms with E-state index in [0.29, 0.717) is 17.2 Å². The number of nitrogens with one attached hydrogen (secondary N) is 2. The molecule has 0 atom stereocenters. The van der Waals surface area contributed by atoms with Gasteiger partial charge in [-0.15, -0.1) is 0 Å². The maximum atomic E-state index is 12.1. The number of rotatable bonds is 2. The number of amidine groups is 1. The summed E-state index contributed by atoms with van der Waals surface area (Å²) in [5.74, 6) is 1.14. The highest BCUT2D eigenvalue weighted by molar-refractivity contribution is 6.08. The van der Waals surface area contributed by atoms with Gasteiger partial charge in [0.2, 0.25) is 0 Å². The average molecular weight is 249 g/mol. The zero-order valence-electron chi connectivity index (χ0n) is 11.4. The first-order chi connectivity index (χ1) is 8.43. The molecule has 1 spiro atoms. The summed E-state index contributed by atoms with van der Waals surface area (Å²) in [4.78, 5) is 14.0. The van der Waals surface area contributed by atoms with E-state index in [1.807, 2.05) is 4.90 Å². The fraction of sp³-hybridized carbons (Fsp3) is 0.857. The van der Waals surface area contributed by atoms with Gasteiger partial charge in [-0.2, -0.15) is 0 Å². The van der Waals surface area contributed by atoms with E-state index in [0.717, 1.165) is 32.2 Å². The monoisotopic (exact) mass is 249 g/mol. The van der Waals surface area contributed by atoms with Crippen LogP contribution in [0.5, 0.6) is 0 Å². The zero-order valence-corrected chi connectivity index (χ0v) is 11.4. The molecule has 4 heteroatoms. The van der Waals surface area contributed by atoms with E-state index in [-0.39, 0.29) is 11.6 Å². The number of nitrogens with zero attached hydrogens (tertiary/aromatic N) is 1. The molecule has 3 fully saturated rings. The van der Waals surface area contributed by atoms with Crippen molar-refractivity contribution >= 4 is 11.9 Å². The molecule has 1 saturated heterocycles. The molecule has 3 aliphatic rings. The summed E-state index contributed by atoms with van der Waals surface area (Å²) >= 11 is 0. The van der Waals surface area contributed by atoms with Gasteiger partial charge in [-0.05, 0) is 49.9 Å². The summed E-state index contributed by atoms with van der Waals surface area (Å²) in [7, 11) is 0. The van der Waals surface area contributed by atoms with Crippen LogP contribution in [0.3, 0.4) is 0 Å². The quantitative estimate of drug-likeness (QED) is 0.776. The summed E-state index contributed by atoms with van der Waals surface area (Å²) in [5.41, 5.74) is 0.0671. The standard InChI is InChI=1S/C14H23N3O/c1-13(2)5-7-14(8-6-13)11(15)16-12(18)17(14)9-10-3-4-10/h10H,3-9H2,1-2H3,(H2,15,16,18). The Morgan fingerprint density at radius 2 is 1.89 bits per heavy atom. The summed E-state index contributed by atoms with van der Waals surface area (Å²) in [6, 6.07) is -0.0355. The van der Waals surface area contributed by atoms with Crippen LogP contribution < -0.4 is 5.32 Å². The van der Waals surface area contributed by atoms with Gasteiger partial charge in [0.05, 0.1) is 0 Å². The van der Waals surface area contributed by atoms with Crippen LogP contribution in [0.15, 0.2) is 0 Å². The molecular weight excluding hydrogens is 226 g/mol. The predicted molar refractivity (Wildman–Crippen MR) is 70.7 cm³/mol. The van der Waals surface area contributed by atoms with Gasteiger partial charge in [0.15, 0.2) is 0 Å². The van der Waals surface area contributed by atoms with Gasteiger partial charge in [-0.25, -0.2) is 4.79 Å². The van der Waals surface area contributed by atoms with Crippen molar-refractivity contribution in [1.29, 1.82) is 5.41 Å². The second-order valence-corrected chi connectivity index (χ2v) is 7.05. The van der Waals surface area contributed by atoms with Crippen LogP contribution in [0.4, 0.5) is 4.79 Å². The molecule has 1 heterocycles. The molecule has 100 valence electrons. The van der Waals surface area contributed by atoms with Crippen molar-refractivity contribution in [3.63, 3.8) is 0 Å². The molecule has 0 aromatic carbocycles. The normalized spacial score (nSPS) is 29.8. The fourth-order valence-electron chi connectivity index (χ4n) is 3.30. The lowest BCUT2D eigenvalue weighted by atomic mass is 9.68. The molecule has 0 aromatic heterocycles. The van der Waals surface area contributed by atoms with Crippen LogP contribution in [-0.2, 0) is 0 Å². The minimum atomic E-state index is -0.296. The first-order valence-electron chi connectivity index (χ1n) is 7.11. The van der Waals surface area contributed by atoms with Crippen LogP contribution in [0.1, 0.15) is 52.4 Å². The molecule has 2 saturated carbocycles. The van der Waals surface area contributed by atoms with Crippen LogP contribution in [-0.4, -0.2) is 28.9 Å². The lowest BCUT2D eigenvalue weighted by Gasteiger charge is -2.45. The van der Waals surface area contributed by atoms with E-state index in [9.17, 15) is 4.79 Å². The number of urea groups is 1. The van der Waals surface area contributed by atoms with E-state index in [2.05, 4.69) is 19.2 Å². The van der Waals surface area contributed by atoms with Gasteiger partial charge in [0.1, 0.15) is 11.4 Å². The Hall–Kier alpha value is -1.06. The molecule has 0 aromatic rings. The molecule has 0 radical (unpaired) electrons. The van der Waals surface area contributed by atoms with Gasteiger partial charge in [0, 0.05) is 6.54 Å². The first-order valence-corrected chi connectivity index (χ1v) is 7.11. The Balaban J connectivity index is 1.82. The van der Waals surface area contributed by atoms with Gasteiger partial charge in [0.25, 0.3) is 0 Å². The molecule has 2 amide bonds. The molecule has 2 N–H and O–H groups in total. The van der Waals surface area contributed by atoms with E-state index < -0.39 is 0 Å². The molecule has 4 nitrogen and oxygen atoms in total. The molecule has 3 rings (SSSR count). The zero-order chi connectivity index (χ0) is 13.0. The van der Waals surface area contributed by atoms with Crippen LogP contribution >= 0.6 is 0 Å². The van der Waals surface area contributed by atoms with Gasteiger partial charge in [-0.1, -0.05) is 13.8 Å². The maximum absolute atomic E-state index is 12.1. The van der Waals surface area contributed by atoms with E-state index in [1.165, 1.54) is 12.8 Å². The van der Waals surface area contributed by atoms with Gasteiger partial charge in [-0.3, -0.25) is 10.7 Å². The Labute approximate surface area is 109 Å². The third-order valence-electron chi connectivity index (χ3n) is 5.03. The van der Waals surface area contributed by atoms with Crippen molar-refractivity contribution in [1.82, 2.24) is 10.2 Å². The third kappa shape index (κ3) is 1.82. The lowest BCUT2D eigenvalue weighted by Crippen LogP contribution is -2.53. The topological polar surface area (TPSA) is 56.2 Å². The maximum Gasteiger partial charge on any atom is 0.323 e. The van der Waals surface area contributed by atoms with Crippen molar-refractivity contribution in [2.75, 3.05) is 6.54 Å². The highest BCUT2D eigenvalue weighted by atomic mass is 16.2. The van der Waals surface area contributed by atoms with Crippen LogP contribution in [0.25, 0.3) is 0 Å². The highest BCUT2D eigenvalue weighted by Gasteiger charge is 2.53. The van der Waals surface area contributed by atoms with Crippen LogP contribution in [0.2, 0.25) is 0 Å². The number of hydrogen-bond donors (Lipinski definition) is 2. The Morgan fingerprint density at radius 3 is 2.44 bits per heavy atom. The van der Waals surface area contributed by atoms with E-state index >= 15 is 0 Å². The summed E-state index contributed by atoms with van der Waals surface area (Å²) in [6.07, 6.45) is 6.60. The minimum absolute atomic E-state index is 0.0355. The second-order valence-electron chi connectivity index (χ2n) is 7.05. The summed E-state index contributed by atoms with van der Waals surface area (Å²) < 4.78 is 0. The van der Waals surface area contributed by atoms with Crippen molar-refractivity contribution in [2.24, 2.45) is 11.3 Å². The SMILES string of the molecule is CC1(C)CCC2(CC1)C(=N)NC(=O)N2CC1CC1. The summed E-state index contributed by atoms with van der Waals surface area (Å²) in [6.45, 7) is 5.44. The molecule has 18 heavy (non-hydrogen) atoms. The molecule has 0 unspecified atom stereocenters. The molecular formula is C14H23N3O. The predicted octanol–water partition coefficient (Wildman–Crippen LogP) is 2.74. The number of carbonyl (C=O) groups excluding carboxylic acids is 1. The molecule has 2 aliphatic carbocycles. The summed E-state index contributed by atoms with van der Waals surface area (Å²) in [5, 5.41) is 10.9. The molecule has 1 aliphatic heterocycles. The van der Waals surface area contributed by atoms with Gasteiger partial charge < -0.3 is 4.90 Å². The van der Waals surface area contributed by atoms with Gasteiger partial charge >= 0.3 is 6.03 Å². The lowest BCUT2D eigenvalue weighted by molar-refractivity contribution is 0.0984. The van der Waals surface area contributed by atoms with Crippen molar-refractivity contribution in [3.8, 4) is 0 Å². The smallest absolute Gasteiger partial charge is 0.311 e. The molecule has 0 bridgehead atoms. The van der Waals surface area contributed by atoms with Crippen molar-refractivity contribution < 1.29 is 4.79 Å². The minimum Gasteiger partial charge on any atom is -0.311 e. The number of carbonyl (C=O) groups is 1. The van der Waals surface area contributed by atoms with Crippen LogP contribution in [0, 0.1) is 16.7 Å². The highest BCUT2D eigenvalue weighted by Crippen LogP contribution is 2.46. The number of amides is 2. The van der Waals surface area contributed by atoms with Crippen molar-refractivity contribution in [2.45, 2.75) is 57.9 Å². The number of hydrogen-bond acceptors (Lipinski definition) is 2. The third-order valence-corrected chi connectivity index (χ3v) is 5.03. The average Bonchev–Trinajstić information content (AvgIpc) is 3.06.